The Morgan fingerprint density at radius 2 is 2.00 bits per heavy atom. The van der Waals surface area contributed by atoms with E-state index in [2.05, 4.69) is 22.6 Å². The molecule has 0 saturated heterocycles. The highest BCUT2D eigenvalue weighted by atomic mass is 127. The lowest BCUT2D eigenvalue weighted by Crippen LogP contribution is -1.88. The molecule has 0 aliphatic rings. The van der Waals surface area contributed by atoms with Gasteiger partial charge in [0, 0.05) is 3.57 Å². The third-order valence-corrected chi connectivity index (χ3v) is 3.64. The molecule has 0 radical (unpaired) electrons. The second-order valence-electron chi connectivity index (χ2n) is 1.99. The molecule has 1 rings (SSSR count). The van der Waals surface area contributed by atoms with Gasteiger partial charge in [-0.2, -0.15) is 0 Å². The molecule has 1 N–H and O–H groups in total. The Bertz CT molecular complexity index is 275. The van der Waals surface area contributed by atoms with Crippen LogP contribution in [0.25, 0.3) is 0 Å². The van der Waals surface area contributed by atoms with Gasteiger partial charge < -0.3 is 5.11 Å². The maximum absolute atomic E-state index is 8.83. The minimum Gasteiger partial charge on any atom is -0.392 e. The van der Waals surface area contributed by atoms with Gasteiger partial charge >= 0.3 is 0 Å². The van der Waals surface area contributed by atoms with Crippen LogP contribution in [0.5, 0.6) is 0 Å². The molecule has 1 nitrogen and oxygen atoms in total. The van der Waals surface area contributed by atoms with Gasteiger partial charge in [0.1, 0.15) is 0 Å². The van der Waals surface area contributed by atoms with E-state index in [-0.39, 0.29) is 6.61 Å². The number of aliphatic hydroxyl groups excluding tert-OH is 1. The van der Waals surface area contributed by atoms with Crippen molar-refractivity contribution in [2.75, 3.05) is 0 Å². The normalized spacial score (nSPS) is 10.2. The molecule has 0 spiro atoms. The first-order chi connectivity index (χ1) is 5.16. The van der Waals surface area contributed by atoms with Gasteiger partial charge in [0.2, 0.25) is 0 Å². The summed E-state index contributed by atoms with van der Waals surface area (Å²) in [6, 6.07) is 3.44. The predicted octanol–water partition coefficient (Wildman–Crippen LogP) is 3.09. The van der Waals surface area contributed by atoms with Gasteiger partial charge in [-0.15, -0.1) is 0 Å². The highest BCUT2D eigenvalue weighted by molar-refractivity contribution is 14.1. The molecule has 0 aliphatic heterocycles. The lowest BCUT2D eigenvalue weighted by Gasteiger charge is -2.03. The minimum absolute atomic E-state index is 0.00480. The van der Waals surface area contributed by atoms with Crippen LogP contribution >= 0.6 is 45.8 Å². The van der Waals surface area contributed by atoms with E-state index in [1.807, 2.05) is 0 Å². The summed E-state index contributed by atoms with van der Waals surface area (Å²) in [5.74, 6) is 0. The zero-order chi connectivity index (χ0) is 8.43. The number of hydrogen-bond donors (Lipinski definition) is 1. The van der Waals surface area contributed by atoms with Gasteiger partial charge in [-0.1, -0.05) is 29.3 Å². The zero-order valence-corrected chi connectivity index (χ0v) is 9.11. The molecular weight excluding hydrogens is 298 g/mol. The van der Waals surface area contributed by atoms with Crippen LogP contribution in [-0.4, -0.2) is 5.11 Å². The molecule has 1 aromatic carbocycles. The number of halogens is 3. The van der Waals surface area contributed by atoms with Gasteiger partial charge in [0.15, 0.2) is 0 Å². The summed E-state index contributed by atoms with van der Waals surface area (Å²) in [6.45, 7) is -0.00480. The van der Waals surface area contributed by atoms with E-state index >= 15 is 0 Å². The van der Waals surface area contributed by atoms with Crippen molar-refractivity contribution in [3.8, 4) is 0 Å². The minimum atomic E-state index is -0.00480. The van der Waals surface area contributed by atoms with Crippen LogP contribution in [0.3, 0.4) is 0 Å². The van der Waals surface area contributed by atoms with Crippen molar-refractivity contribution in [1.82, 2.24) is 0 Å². The fraction of sp³-hybridized carbons (Fsp3) is 0.143. The summed E-state index contributed by atoms with van der Waals surface area (Å²) in [7, 11) is 0. The van der Waals surface area contributed by atoms with Gasteiger partial charge in [0.05, 0.1) is 16.7 Å². The molecule has 0 aromatic heterocycles. The van der Waals surface area contributed by atoms with Crippen LogP contribution in [0.4, 0.5) is 0 Å². The van der Waals surface area contributed by atoms with Crippen LogP contribution in [-0.2, 0) is 6.61 Å². The lowest BCUT2D eigenvalue weighted by atomic mass is 10.2. The number of benzene rings is 1. The maximum Gasteiger partial charge on any atom is 0.0729 e. The highest BCUT2D eigenvalue weighted by Crippen LogP contribution is 2.29. The van der Waals surface area contributed by atoms with Crippen LogP contribution in [0, 0.1) is 3.57 Å². The second kappa shape index (κ2) is 3.94. The SMILES string of the molecule is OCc1ccc(Cl)c(Cl)c1I. The van der Waals surface area contributed by atoms with Crippen molar-refractivity contribution < 1.29 is 5.11 Å². The molecule has 0 saturated carbocycles. The fourth-order valence-corrected chi connectivity index (χ4v) is 1.83. The molecule has 4 heteroatoms. The van der Waals surface area contributed by atoms with Crippen molar-refractivity contribution in [2.45, 2.75) is 6.61 Å². The van der Waals surface area contributed by atoms with Crippen molar-refractivity contribution in [1.29, 1.82) is 0 Å². The van der Waals surface area contributed by atoms with E-state index in [0.717, 1.165) is 9.13 Å². The van der Waals surface area contributed by atoms with Crippen LogP contribution in [0.1, 0.15) is 5.56 Å². The zero-order valence-electron chi connectivity index (χ0n) is 5.44. The Balaban J connectivity index is 3.25. The standard InChI is InChI=1S/C7H5Cl2IO/c8-5-2-1-4(3-11)7(10)6(5)9/h1-2,11H,3H2. The average Bonchev–Trinajstić information content (AvgIpc) is 2.01. The molecule has 60 valence electrons. The summed E-state index contributed by atoms with van der Waals surface area (Å²) >= 11 is 13.6. The highest BCUT2D eigenvalue weighted by Gasteiger charge is 2.06. The van der Waals surface area contributed by atoms with E-state index in [9.17, 15) is 0 Å². The molecule has 0 heterocycles. The van der Waals surface area contributed by atoms with E-state index in [1.165, 1.54) is 0 Å². The molecule has 0 unspecified atom stereocenters. The quantitative estimate of drug-likeness (QED) is 0.624. The third kappa shape index (κ3) is 1.99. The van der Waals surface area contributed by atoms with Crippen molar-refractivity contribution >= 4 is 45.8 Å². The predicted molar refractivity (Wildman–Crippen MR) is 55.1 cm³/mol. The van der Waals surface area contributed by atoms with Gasteiger partial charge in [0.25, 0.3) is 0 Å². The summed E-state index contributed by atoms with van der Waals surface area (Å²) in [5, 5.41) is 9.86. The lowest BCUT2D eigenvalue weighted by molar-refractivity contribution is 0.281. The van der Waals surface area contributed by atoms with Crippen molar-refractivity contribution in [2.24, 2.45) is 0 Å². The van der Waals surface area contributed by atoms with Crippen molar-refractivity contribution in [3.05, 3.63) is 31.3 Å². The number of hydrogen-bond acceptors (Lipinski definition) is 1. The first kappa shape index (κ1) is 9.58. The van der Waals surface area contributed by atoms with Crippen LogP contribution in [0.2, 0.25) is 10.0 Å². The summed E-state index contributed by atoms with van der Waals surface area (Å²) in [6.07, 6.45) is 0. The Labute approximate surface area is 88.5 Å². The van der Waals surface area contributed by atoms with Crippen molar-refractivity contribution in [3.63, 3.8) is 0 Å². The van der Waals surface area contributed by atoms with E-state index in [0.29, 0.717) is 10.0 Å². The first-order valence-corrected chi connectivity index (χ1v) is 4.73. The largest absolute Gasteiger partial charge is 0.392 e. The van der Waals surface area contributed by atoms with E-state index in [1.54, 1.807) is 12.1 Å². The Morgan fingerprint density at radius 1 is 1.36 bits per heavy atom. The van der Waals surface area contributed by atoms with E-state index in [4.69, 9.17) is 28.3 Å². The number of aliphatic hydroxyl groups is 1. The molecule has 0 amide bonds. The molecule has 11 heavy (non-hydrogen) atoms. The Kier molecular flexibility index (Phi) is 3.43. The maximum atomic E-state index is 8.83. The summed E-state index contributed by atoms with van der Waals surface area (Å²) in [4.78, 5) is 0. The molecule has 1 aromatic rings. The monoisotopic (exact) mass is 302 g/mol. The smallest absolute Gasteiger partial charge is 0.0729 e. The first-order valence-electron chi connectivity index (χ1n) is 2.90. The van der Waals surface area contributed by atoms with E-state index < -0.39 is 0 Å². The van der Waals surface area contributed by atoms with Gasteiger partial charge in [-0.05, 0) is 34.2 Å². The van der Waals surface area contributed by atoms with Crippen LogP contribution in [0.15, 0.2) is 12.1 Å². The third-order valence-electron chi connectivity index (χ3n) is 1.29. The van der Waals surface area contributed by atoms with Gasteiger partial charge in [-0.25, -0.2) is 0 Å². The molecular formula is C7H5Cl2IO. The number of rotatable bonds is 1. The second-order valence-corrected chi connectivity index (χ2v) is 3.86. The topological polar surface area (TPSA) is 20.2 Å². The Morgan fingerprint density at radius 3 is 2.55 bits per heavy atom. The van der Waals surface area contributed by atoms with Crippen LogP contribution < -0.4 is 0 Å². The molecule has 0 bridgehead atoms. The van der Waals surface area contributed by atoms with Gasteiger partial charge in [-0.3, -0.25) is 0 Å². The summed E-state index contributed by atoms with van der Waals surface area (Å²) in [5.41, 5.74) is 0.806. The average molecular weight is 303 g/mol. The Hall–Kier alpha value is 0.490. The molecule has 0 aliphatic carbocycles. The molecule has 0 atom stereocenters. The summed E-state index contributed by atoms with van der Waals surface area (Å²) < 4.78 is 0.819. The molecule has 0 fully saturated rings. The fourth-order valence-electron chi connectivity index (χ4n) is 0.688.